The molecule has 0 bridgehead atoms. The zero-order chi connectivity index (χ0) is 20.0. The molecule has 0 saturated carbocycles. The number of sulfonamides is 1. The minimum absolute atomic E-state index is 0.0835. The summed E-state index contributed by atoms with van der Waals surface area (Å²) in [5.41, 5.74) is 1.21. The molecular weight excluding hydrogens is 371 g/mol. The Labute approximate surface area is 158 Å². The molecule has 7 nitrogen and oxygen atoms in total. The maximum Gasteiger partial charge on any atom is 0.243 e. The lowest BCUT2D eigenvalue weighted by molar-refractivity contribution is -0.114. The average molecular weight is 394 g/mol. The van der Waals surface area contributed by atoms with Crippen LogP contribution in [0, 0.1) is 5.82 Å². The number of halogens is 1. The van der Waals surface area contributed by atoms with Crippen molar-refractivity contribution in [1.82, 2.24) is 4.31 Å². The Morgan fingerprint density at radius 2 is 1.74 bits per heavy atom. The van der Waals surface area contributed by atoms with Gasteiger partial charge in [-0.25, -0.2) is 17.1 Å². The summed E-state index contributed by atoms with van der Waals surface area (Å²) in [4.78, 5) is 12.2. The van der Waals surface area contributed by atoms with Gasteiger partial charge in [-0.3, -0.25) is 4.79 Å². The summed E-state index contributed by atoms with van der Waals surface area (Å²) >= 11 is 0. The molecule has 0 heterocycles. The summed E-state index contributed by atoms with van der Waals surface area (Å²) < 4.78 is 39.4. The lowest BCUT2D eigenvalue weighted by Crippen LogP contribution is -2.24. The topological polar surface area (TPSA) is 90.5 Å². The van der Waals surface area contributed by atoms with Gasteiger partial charge in [-0.1, -0.05) is 12.1 Å². The Morgan fingerprint density at radius 1 is 1.04 bits per heavy atom. The fourth-order valence-corrected chi connectivity index (χ4v) is 3.25. The number of carbonyl (C=O) groups is 1. The lowest BCUT2D eigenvalue weighted by atomic mass is 10.2. The molecule has 0 aromatic heterocycles. The third-order valence-corrected chi connectivity index (χ3v) is 5.54. The molecule has 27 heavy (non-hydrogen) atoms. The first-order valence-electron chi connectivity index (χ1n) is 8.34. The summed E-state index contributed by atoms with van der Waals surface area (Å²) in [7, 11) is -0.715. The van der Waals surface area contributed by atoms with Crippen LogP contribution in [0.25, 0.3) is 0 Å². The van der Waals surface area contributed by atoms with Gasteiger partial charge in [0.15, 0.2) is 0 Å². The lowest BCUT2D eigenvalue weighted by Gasteiger charge is -2.17. The van der Waals surface area contributed by atoms with Gasteiger partial charge in [-0.15, -0.1) is 0 Å². The summed E-state index contributed by atoms with van der Waals surface area (Å²) in [5, 5.41) is 8.48. The highest BCUT2D eigenvalue weighted by Gasteiger charge is 2.19. The van der Waals surface area contributed by atoms with Crippen LogP contribution in [0.5, 0.6) is 0 Å². The average Bonchev–Trinajstić information content (AvgIpc) is 2.62. The largest absolute Gasteiger partial charge is 0.384 e. The molecule has 1 amide bonds. The first-order chi connectivity index (χ1) is 12.8. The fraction of sp³-hybridized carbons (Fsp3) is 0.278. The van der Waals surface area contributed by atoms with E-state index in [0.29, 0.717) is 17.9 Å². The Hall–Kier alpha value is -2.65. The molecule has 2 aromatic rings. The fourth-order valence-electron chi connectivity index (χ4n) is 2.32. The first kappa shape index (κ1) is 20.7. The van der Waals surface area contributed by atoms with E-state index < -0.39 is 21.7 Å². The van der Waals surface area contributed by atoms with E-state index >= 15 is 0 Å². The van der Waals surface area contributed by atoms with Gasteiger partial charge in [0.1, 0.15) is 5.82 Å². The van der Waals surface area contributed by atoms with Crippen LogP contribution < -0.4 is 16.0 Å². The number of benzene rings is 2. The number of hydrogen-bond donors (Lipinski definition) is 3. The molecule has 0 unspecified atom stereocenters. The van der Waals surface area contributed by atoms with Crippen LogP contribution in [0.3, 0.4) is 0 Å². The first-order valence-corrected chi connectivity index (χ1v) is 9.78. The van der Waals surface area contributed by atoms with Gasteiger partial charge >= 0.3 is 0 Å². The van der Waals surface area contributed by atoms with Crippen molar-refractivity contribution in [3.63, 3.8) is 0 Å². The van der Waals surface area contributed by atoms with Crippen LogP contribution in [0.15, 0.2) is 47.4 Å². The standard InChI is InChI=1S/C18H23FN4O3S/c1-4-20-16-10-9-13(27(25,26)23(2)3)11-17(16)21-12-18(24)22-15-8-6-5-7-14(15)19/h5-11,20-21H,4,12H2,1-3H3,(H,22,24). The second kappa shape index (κ2) is 8.83. The molecule has 2 aromatic carbocycles. The second-order valence-electron chi connectivity index (χ2n) is 5.91. The normalized spacial score (nSPS) is 11.3. The van der Waals surface area contributed by atoms with Crippen LogP contribution in [0.4, 0.5) is 21.5 Å². The minimum Gasteiger partial charge on any atom is -0.384 e. The third kappa shape index (κ3) is 5.18. The number of rotatable bonds is 8. The highest BCUT2D eigenvalue weighted by molar-refractivity contribution is 7.89. The Balaban J connectivity index is 2.18. The van der Waals surface area contributed by atoms with Gasteiger partial charge in [0.2, 0.25) is 15.9 Å². The molecule has 0 aliphatic rings. The number of anilines is 3. The van der Waals surface area contributed by atoms with Crippen molar-refractivity contribution in [3.05, 3.63) is 48.3 Å². The summed E-state index contributed by atoms with van der Waals surface area (Å²) in [6, 6.07) is 10.5. The number of nitrogens with one attached hydrogen (secondary N) is 3. The van der Waals surface area contributed by atoms with E-state index in [1.807, 2.05) is 6.92 Å². The summed E-state index contributed by atoms with van der Waals surface area (Å²) in [6.07, 6.45) is 0. The zero-order valence-electron chi connectivity index (χ0n) is 15.4. The van der Waals surface area contributed by atoms with Crippen molar-refractivity contribution < 1.29 is 17.6 Å². The molecule has 2 rings (SSSR count). The Bertz CT molecular complexity index is 917. The van der Waals surface area contributed by atoms with Gasteiger partial charge in [-0.2, -0.15) is 0 Å². The van der Waals surface area contributed by atoms with Crippen LogP contribution >= 0.6 is 0 Å². The molecule has 0 aliphatic heterocycles. The van der Waals surface area contributed by atoms with E-state index in [1.54, 1.807) is 12.1 Å². The molecule has 0 fully saturated rings. The summed E-state index contributed by atoms with van der Waals surface area (Å²) in [5.74, 6) is -0.985. The number of para-hydroxylation sites is 1. The van der Waals surface area contributed by atoms with E-state index in [9.17, 15) is 17.6 Å². The van der Waals surface area contributed by atoms with Gasteiger partial charge in [0.25, 0.3) is 0 Å². The van der Waals surface area contributed by atoms with Crippen molar-refractivity contribution in [2.24, 2.45) is 0 Å². The second-order valence-corrected chi connectivity index (χ2v) is 8.06. The SMILES string of the molecule is CCNc1ccc(S(=O)(=O)N(C)C)cc1NCC(=O)Nc1ccccc1F. The van der Waals surface area contributed by atoms with Gasteiger partial charge in [0, 0.05) is 20.6 Å². The molecule has 0 spiro atoms. The molecule has 3 N–H and O–H groups in total. The highest BCUT2D eigenvalue weighted by atomic mass is 32.2. The van der Waals surface area contributed by atoms with E-state index in [0.717, 1.165) is 4.31 Å². The van der Waals surface area contributed by atoms with Crippen molar-refractivity contribution in [1.29, 1.82) is 0 Å². The smallest absolute Gasteiger partial charge is 0.243 e. The third-order valence-electron chi connectivity index (χ3n) is 3.72. The minimum atomic E-state index is -3.61. The number of amides is 1. The van der Waals surface area contributed by atoms with Crippen molar-refractivity contribution >= 4 is 33.0 Å². The Kier molecular flexibility index (Phi) is 6.75. The van der Waals surface area contributed by atoms with Crippen molar-refractivity contribution in [2.75, 3.05) is 43.1 Å². The summed E-state index contributed by atoms with van der Waals surface area (Å²) in [6.45, 7) is 2.37. The van der Waals surface area contributed by atoms with Crippen LogP contribution in [-0.2, 0) is 14.8 Å². The number of nitrogens with zero attached hydrogens (tertiary/aromatic N) is 1. The van der Waals surface area contributed by atoms with Crippen LogP contribution in [0.1, 0.15) is 6.92 Å². The molecule has 0 atom stereocenters. The van der Waals surface area contributed by atoms with E-state index in [1.165, 1.54) is 44.4 Å². The van der Waals surface area contributed by atoms with E-state index in [-0.39, 0.29) is 17.1 Å². The predicted molar refractivity (Wildman–Crippen MR) is 105 cm³/mol. The molecule has 0 aliphatic carbocycles. The maximum atomic E-state index is 13.6. The van der Waals surface area contributed by atoms with E-state index in [4.69, 9.17) is 0 Å². The van der Waals surface area contributed by atoms with Crippen molar-refractivity contribution in [3.8, 4) is 0 Å². The predicted octanol–water partition coefficient (Wildman–Crippen LogP) is 2.56. The molecule has 146 valence electrons. The van der Waals surface area contributed by atoms with Gasteiger partial charge < -0.3 is 16.0 Å². The van der Waals surface area contributed by atoms with Crippen molar-refractivity contribution in [2.45, 2.75) is 11.8 Å². The number of hydrogen-bond acceptors (Lipinski definition) is 5. The van der Waals surface area contributed by atoms with Gasteiger partial charge in [0.05, 0.1) is 28.5 Å². The number of carbonyl (C=O) groups excluding carboxylic acids is 1. The Morgan fingerprint density at radius 3 is 2.37 bits per heavy atom. The molecule has 0 saturated heterocycles. The zero-order valence-corrected chi connectivity index (χ0v) is 16.2. The quantitative estimate of drug-likeness (QED) is 0.640. The monoisotopic (exact) mass is 394 g/mol. The van der Waals surface area contributed by atoms with Crippen LogP contribution in [0.2, 0.25) is 0 Å². The van der Waals surface area contributed by atoms with Gasteiger partial charge in [-0.05, 0) is 37.3 Å². The van der Waals surface area contributed by atoms with Crippen LogP contribution in [-0.4, -0.2) is 45.8 Å². The molecule has 0 radical (unpaired) electrons. The molecular formula is C18H23FN4O3S. The van der Waals surface area contributed by atoms with E-state index in [2.05, 4.69) is 16.0 Å². The molecule has 9 heteroatoms. The highest BCUT2D eigenvalue weighted by Crippen LogP contribution is 2.26. The maximum absolute atomic E-state index is 13.6.